The van der Waals surface area contributed by atoms with Gasteiger partial charge in [-0.25, -0.2) is 4.79 Å². The van der Waals surface area contributed by atoms with Crippen molar-refractivity contribution in [3.05, 3.63) is 47.5 Å². The van der Waals surface area contributed by atoms with E-state index in [0.29, 0.717) is 29.7 Å². The van der Waals surface area contributed by atoms with Crippen LogP contribution in [-0.4, -0.2) is 29.0 Å². The summed E-state index contributed by atoms with van der Waals surface area (Å²) in [5.41, 5.74) is 7.80. The second-order valence-electron chi connectivity index (χ2n) is 5.57. The Bertz CT molecular complexity index is 903. The first-order valence-corrected chi connectivity index (χ1v) is 8.89. The van der Waals surface area contributed by atoms with Gasteiger partial charge in [0.1, 0.15) is 12.4 Å². The SMILES string of the molecule is Cc1ccc(OC(=O)Nc2ccc(OCCN)c(-c3ccnn3C)c2)s1. The van der Waals surface area contributed by atoms with Crippen molar-refractivity contribution in [3.8, 4) is 22.1 Å². The van der Waals surface area contributed by atoms with Gasteiger partial charge in [0.2, 0.25) is 0 Å². The number of amides is 1. The van der Waals surface area contributed by atoms with Crippen LogP contribution >= 0.6 is 11.3 Å². The average molecular weight is 372 g/mol. The number of ether oxygens (including phenoxy) is 2. The normalized spacial score (nSPS) is 10.6. The van der Waals surface area contributed by atoms with Crippen LogP contribution in [0.2, 0.25) is 0 Å². The Balaban J connectivity index is 1.81. The van der Waals surface area contributed by atoms with Crippen molar-refractivity contribution in [1.82, 2.24) is 9.78 Å². The van der Waals surface area contributed by atoms with E-state index in [0.717, 1.165) is 16.1 Å². The molecule has 0 atom stereocenters. The van der Waals surface area contributed by atoms with Gasteiger partial charge in [-0.05, 0) is 43.3 Å². The molecule has 0 aliphatic rings. The second kappa shape index (κ2) is 8.03. The maximum Gasteiger partial charge on any atom is 0.417 e. The minimum absolute atomic E-state index is 0.400. The number of aromatic nitrogens is 2. The number of anilines is 1. The summed E-state index contributed by atoms with van der Waals surface area (Å²) in [6.45, 7) is 2.77. The minimum atomic E-state index is -0.543. The highest BCUT2D eigenvalue weighted by Gasteiger charge is 2.13. The molecule has 26 heavy (non-hydrogen) atoms. The fourth-order valence-corrected chi connectivity index (χ4v) is 3.15. The molecule has 0 radical (unpaired) electrons. The molecule has 136 valence electrons. The Hall–Kier alpha value is -2.84. The van der Waals surface area contributed by atoms with E-state index < -0.39 is 6.09 Å². The highest BCUT2D eigenvalue weighted by Crippen LogP contribution is 2.32. The van der Waals surface area contributed by atoms with E-state index in [2.05, 4.69) is 10.4 Å². The number of benzene rings is 1. The molecular formula is C18H20N4O3S. The molecule has 0 spiro atoms. The van der Waals surface area contributed by atoms with E-state index in [1.54, 1.807) is 29.1 Å². The first kappa shape index (κ1) is 18.0. The van der Waals surface area contributed by atoms with Crippen LogP contribution in [0.1, 0.15) is 4.88 Å². The van der Waals surface area contributed by atoms with E-state index in [4.69, 9.17) is 15.2 Å². The van der Waals surface area contributed by atoms with Crippen LogP contribution in [0.4, 0.5) is 10.5 Å². The summed E-state index contributed by atoms with van der Waals surface area (Å²) in [4.78, 5) is 13.2. The molecule has 8 heteroatoms. The number of thiophene rings is 1. The number of nitrogens with two attached hydrogens (primary N) is 1. The largest absolute Gasteiger partial charge is 0.492 e. The first-order chi connectivity index (χ1) is 12.6. The van der Waals surface area contributed by atoms with Crippen molar-refractivity contribution in [1.29, 1.82) is 0 Å². The molecule has 3 aromatic rings. The summed E-state index contributed by atoms with van der Waals surface area (Å²) >= 11 is 1.41. The molecule has 3 rings (SSSR count). The quantitative estimate of drug-likeness (QED) is 0.692. The Morgan fingerprint density at radius 3 is 2.81 bits per heavy atom. The van der Waals surface area contributed by atoms with Crippen molar-refractivity contribution in [2.45, 2.75) is 6.92 Å². The lowest BCUT2D eigenvalue weighted by atomic mass is 10.1. The number of rotatable bonds is 6. The molecule has 0 bridgehead atoms. The lowest BCUT2D eigenvalue weighted by molar-refractivity contribution is 0.216. The molecule has 0 unspecified atom stereocenters. The molecule has 2 aromatic heterocycles. The van der Waals surface area contributed by atoms with Gasteiger partial charge in [0, 0.05) is 35.9 Å². The van der Waals surface area contributed by atoms with E-state index in [1.165, 1.54) is 11.3 Å². The Morgan fingerprint density at radius 1 is 1.31 bits per heavy atom. The molecule has 1 amide bonds. The van der Waals surface area contributed by atoms with Gasteiger partial charge in [0.05, 0.1) is 5.69 Å². The van der Waals surface area contributed by atoms with Crippen LogP contribution in [-0.2, 0) is 7.05 Å². The van der Waals surface area contributed by atoms with Gasteiger partial charge in [-0.1, -0.05) is 0 Å². The molecular weight excluding hydrogens is 352 g/mol. The third kappa shape index (κ3) is 4.22. The van der Waals surface area contributed by atoms with E-state index in [-0.39, 0.29) is 0 Å². The standard InChI is InChI=1S/C18H20N4O3S/c1-12-3-6-17(26-12)25-18(23)21-13-4-5-16(24-10-8-19)14(11-13)15-7-9-20-22(15)2/h3-7,9,11H,8,10,19H2,1-2H3,(H,21,23). The van der Waals surface area contributed by atoms with Crippen LogP contribution in [0.5, 0.6) is 10.8 Å². The molecule has 3 N–H and O–H groups in total. The number of nitrogens with zero attached hydrogens (tertiary/aromatic N) is 2. The fourth-order valence-electron chi connectivity index (χ4n) is 2.44. The van der Waals surface area contributed by atoms with Crippen molar-refractivity contribution in [2.24, 2.45) is 12.8 Å². The zero-order valence-electron chi connectivity index (χ0n) is 14.6. The van der Waals surface area contributed by atoms with Crippen LogP contribution in [0, 0.1) is 6.92 Å². The Morgan fingerprint density at radius 2 is 2.15 bits per heavy atom. The first-order valence-electron chi connectivity index (χ1n) is 8.07. The number of carbonyl (C=O) groups excluding carboxylic acids is 1. The number of hydrogen-bond acceptors (Lipinski definition) is 6. The molecule has 0 aliphatic heterocycles. The van der Waals surface area contributed by atoms with Crippen LogP contribution in [0.25, 0.3) is 11.3 Å². The van der Waals surface area contributed by atoms with Gasteiger partial charge in [0.15, 0.2) is 5.06 Å². The summed E-state index contributed by atoms with van der Waals surface area (Å²) < 4.78 is 12.7. The van der Waals surface area contributed by atoms with Crippen molar-refractivity contribution >= 4 is 23.1 Å². The van der Waals surface area contributed by atoms with E-state index >= 15 is 0 Å². The number of aryl methyl sites for hydroxylation is 2. The molecule has 2 heterocycles. The summed E-state index contributed by atoms with van der Waals surface area (Å²) in [5, 5.41) is 7.48. The summed E-state index contributed by atoms with van der Waals surface area (Å²) in [7, 11) is 1.84. The fraction of sp³-hybridized carbons (Fsp3) is 0.222. The predicted molar refractivity (Wildman–Crippen MR) is 102 cm³/mol. The summed E-state index contributed by atoms with van der Waals surface area (Å²) in [6, 6.07) is 10.9. The lowest BCUT2D eigenvalue weighted by Crippen LogP contribution is -2.16. The van der Waals surface area contributed by atoms with Crippen molar-refractivity contribution in [2.75, 3.05) is 18.5 Å². The van der Waals surface area contributed by atoms with E-state index in [1.807, 2.05) is 32.2 Å². The van der Waals surface area contributed by atoms with Crippen molar-refractivity contribution < 1.29 is 14.3 Å². The van der Waals surface area contributed by atoms with Gasteiger partial charge in [-0.3, -0.25) is 10.00 Å². The zero-order valence-corrected chi connectivity index (χ0v) is 15.4. The van der Waals surface area contributed by atoms with Gasteiger partial charge in [-0.2, -0.15) is 5.10 Å². The van der Waals surface area contributed by atoms with Gasteiger partial charge >= 0.3 is 6.09 Å². The van der Waals surface area contributed by atoms with Crippen LogP contribution in [0.15, 0.2) is 42.6 Å². The molecule has 0 saturated carbocycles. The number of nitrogens with one attached hydrogen (secondary N) is 1. The lowest BCUT2D eigenvalue weighted by Gasteiger charge is -2.13. The van der Waals surface area contributed by atoms with Gasteiger partial charge in [-0.15, -0.1) is 11.3 Å². The molecule has 0 fully saturated rings. The predicted octanol–water partition coefficient (Wildman–Crippen LogP) is 3.41. The third-order valence-corrected chi connectivity index (χ3v) is 4.49. The Labute approximate surface area is 155 Å². The molecule has 0 saturated heterocycles. The summed E-state index contributed by atoms with van der Waals surface area (Å²) in [6.07, 6.45) is 1.16. The van der Waals surface area contributed by atoms with Crippen molar-refractivity contribution in [3.63, 3.8) is 0 Å². The van der Waals surface area contributed by atoms with Crippen LogP contribution < -0.4 is 20.5 Å². The third-order valence-electron chi connectivity index (χ3n) is 3.61. The monoisotopic (exact) mass is 372 g/mol. The minimum Gasteiger partial charge on any atom is -0.492 e. The highest BCUT2D eigenvalue weighted by atomic mass is 32.1. The Kier molecular flexibility index (Phi) is 5.55. The van der Waals surface area contributed by atoms with Crippen LogP contribution in [0.3, 0.4) is 0 Å². The maximum absolute atomic E-state index is 12.1. The van der Waals surface area contributed by atoms with Gasteiger partial charge < -0.3 is 15.2 Å². The molecule has 1 aromatic carbocycles. The highest BCUT2D eigenvalue weighted by molar-refractivity contribution is 7.13. The van der Waals surface area contributed by atoms with E-state index in [9.17, 15) is 4.79 Å². The summed E-state index contributed by atoms with van der Waals surface area (Å²) in [5.74, 6) is 0.673. The maximum atomic E-state index is 12.1. The molecule has 7 nitrogen and oxygen atoms in total. The van der Waals surface area contributed by atoms with Gasteiger partial charge in [0.25, 0.3) is 0 Å². The zero-order chi connectivity index (χ0) is 18.5. The number of carbonyl (C=O) groups is 1. The second-order valence-corrected chi connectivity index (χ2v) is 6.82. The molecule has 0 aliphatic carbocycles. The smallest absolute Gasteiger partial charge is 0.417 e. The topological polar surface area (TPSA) is 91.4 Å². The number of hydrogen-bond donors (Lipinski definition) is 2. The average Bonchev–Trinajstić information content (AvgIpc) is 3.21.